The van der Waals surface area contributed by atoms with Crippen molar-refractivity contribution in [3.8, 4) is 6.07 Å². The van der Waals surface area contributed by atoms with Crippen LogP contribution in [0.15, 0.2) is 31.9 Å². The summed E-state index contributed by atoms with van der Waals surface area (Å²) in [6.07, 6.45) is 0. The van der Waals surface area contributed by atoms with Gasteiger partial charge in [-0.25, -0.2) is 4.98 Å². The van der Waals surface area contributed by atoms with Crippen molar-refractivity contribution in [3.05, 3.63) is 34.1 Å². The molecule has 0 atom stereocenters. The zero-order valence-corrected chi connectivity index (χ0v) is 11.5. The lowest BCUT2D eigenvalue weighted by atomic mass is 10.2. The second-order valence-electron chi connectivity index (χ2n) is 2.96. The van der Waals surface area contributed by atoms with Gasteiger partial charge >= 0.3 is 0 Å². The van der Waals surface area contributed by atoms with Gasteiger partial charge in [0, 0.05) is 9.37 Å². The largest absolute Gasteiger partial charge is 0.213 e. The summed E-state index contributed by atoms with van der Waals surface area (Å²) in [4.78, 5) is 5.15. The predicted molar refractivity (Wildman–Crippen MR) is 67.6 cm³/mol. The summed E-state index contributed by atoms with van der Waals surface area (Å²) >= 11 is 6.20. The van der Waals surface area contributed by atoms with E-state index < -0.39 is 0 Å². The maximum absolute atomic E-state index is 8.98. The molecular formula is C10H6BrN3S2. The van der Waals surface area contributed by atoms with E-state index in [9.17, 15) is 0 Å². The highest BCUT2D eigenvalue weighted by atomic mass is 79.9. The van der Waals surface area contributed by atoms with Gasteiger partial charge in [0.1, 0.15) is 11.9 Å². The van der Waals surface area contributed by atoms with Crippen LogP contribution >= 0.6 is 39.2 Å². The zero-order chi connectivity index (χ0) is 11.5. The van der Waals surface area contributed by atoms with E-state index in [-0.39, 0.29) is 0 Å². The first kappa shape index (κ1) is 11.6. The van der Waals surface area contributed by atoms with Crippen LogP contribution in [0, 0.1) is 18.3 Å². The number of halogens is 1. The van der Waals surface area contributed by atoms with Crippen molar-refractivity contribution in [2.24, 2.45) is 0 Å². The van der Waals surface area contributed by atoms with E-state index in [0.29, 0.717) is 5.56 Å². The van der Waals surface area contributed by atoms with E-state index in [1.54, 1.807) is 6.07 Å². The summed E-state index contributed by atoms with van der Waals surface area (Å²) in [7, 11) is 0. The average molecular weight is 312 g/mol. The van der Waals surface area contributed by atoms with Crippen molar-refractivity contribution in [1.82, 2.24) is 9.36 Å². The van der Waals surface area contributed by atoms with E-state index in [4.69, 9.17) is 5.26 Å². The number of benzene rings is 1. The zero-order valence-electron chi connectivity index (χ0n) is 8.27. The predicted octanol–water partition coefficient (Wildman–Crippen LogP) is 3.63. The lowest BCUT2D eigenvalue weighted by Crippen LogP contribution is -1.81. The van der Waals surface area contributed by atoms with Crippen molar-refractivity contribution < 1.29 is 0 Å². The first-order valence-electron chi connectivity index (χ1n) is 4.37. The lowest BCUT2D eigenvalue weighted by Gasteiger charge is -2.00. The molecule has 1 aromatic carbocycles. The standard InChI is InChI=1S/C10H6BrN3S2/c1-6-13-10(16-14-6)15-9-4-8(11)3-2-7(9)5-12/h2-4H,1H3. The van der Waals surface area contributed by atoms with Crippen molar-refractivity contribution in [3.63, 3.8) is 0 Å². The smallest absolute Gasteiger partial charge is 0.174 e. The summed E-state index contributed by atoms with van der Waals surface area (Å²) in [6.45, 7) is 1.85. The van der Waals surface area contributed by atoms with Gasteiger partial charge in [-0.05, 0) is 36.7 Å². The van der Waals surface area contributed by atoms with Crippen LogP contribution in [-0.4, -0.2) is 9.36 Å². The minimum Gasteiger partial charge on any atom is -0.213 e. The minimum atomic E-state index is 0.654. The number of aryl methyl sites for hydroxylation is 1. The third-order valence-corrected chi connectivity index (χ3v) is 4.16. The molecule has 0 aliphatic heterocycles. The second-order valence-corrected chi connectivity index (χ2v) is 5.92. The van der Waals surface area contributed by atoms with Crippen LogP contribution in [0.25, 0.3) is 0 Å². The van der Waals surface area contributed by atoms with E-state index in [1.807, 2.05) is 19.1 Å². The first-order valence-corrected chi connectivity index (χ1v) is 6.75. The molecule has 0 radical (unpaired) electrons. The number of hydrogen-bond donors (Lipinski definition) is 0. The van der Waals surface area contributed by atoms with Crippen LogP contribution in [-0.2, 0) is 0 Å². The summed E-state index contributed by atoms with van der Waals surface area (Å²) in [5.74, 6) is 0.765. The van der Waals surface area contributed by atoms with Crippen LogP contribution in [0.1, 0.15) is 11.4 Å². The van der Waals surface area contributed by atoms with Gasteiger partial charge in [-0.1, -0.05) is 27.7 Å². The third kappa shape index (κ3) is 2.61. The van der Waals surface area contributed by atoms with Crippen LogP contribution in [0.2, 0.25) is 0 Å². The highest BCUT2D eigenvalue weighted by Crippen LogP contribution is 2.33. The molecule has 6 heteroatoms. The first-order chi connectivity index (χ1) is 7.69. The Hall–Kier alpha value is -0.900. The third-order valence-electron chi connectivity index (χ3n) is 1.77. The van der Waals surface area contributed by atoms with Crippen LogP contribution < -0.4 is 0 Å². The molecule has 3 nitrogen and oxygen atoms in total. The molecule has 1 heterocycles. The average Bonchev–Trinajstić information content (AvgIpc) is 2.64. The fourth-order valence-corrected chi connectivity index (χ4v) is 3.33. The van der Waals surface area contributed by atoms with E-state index in [2.05, 4.69) is 31.4 Å². The molecule has 0 spiro atoms. The monoisotopic (exact) mass is 311 g/mol. The Morgan fingerprint density at radius 3 is 2.94 bits per heavy atom. The van der Waals surface area contributed by atoms with Crippen molar-refractivity contribution >= 4 is 39.2 Å². The molecule has 0 aliphatic rings. The molecule has 0 unspecified atom stereocenters. The minimum absolute atomic E-state index is 0.654. The molecule has 0 aliphatic carbocycles. The molecule has 0 fully saturated rings. The molecule has 0 amide bonds. The molecule has 1 aromatic heterocycles. The molecule has 0 saturated carbocycles. The van der Waals surface area contributed by atoms with Crippen molar-refractivity contribution in [2.75, 3.05) is 0 Å². The maximum Gasteiger partial charge on any atom is 0.174 e. The Morgan fingerprint density at radius 1 is 1.50 bits per heavy atom. The molecule has 0 bridgehead atoms. The molecule has 2 rings (SSSR count). The van der Waals surface area contributed by atoms with Crippen molar-refractivity contribution in [2.45, 2.75) is 16.2 Å². The number of nitrogens with zero attached hydrogens (tertiary/aromatic N) is 3. The van der Waals surface area contributed by atoms with Gasteiger partial charge in [0.2, 0.25) is 0 Å². The Morgan fingerprint density at radius 2 is 2.31 bits per heavy atom. The molecule has 0 saturated heterocycles. The lowest BCUT2D eigenvalue weighted by molar-refractivity contribution is 1.10. The summed E-state index contributed by atoms with van der Waals surface area (Å²) in [6, 6.07) is 7.73. The maximum atomic E-state index is 8.98. The van der Waals surface area contributed by atoms with Crippen molar-refractivity contribution in [1.29, 1.82) is 5.26 Å². The molecule has 16 heavy (non-hydrogen) atoms. The molecule has 80 valence electrons. The number of rotatable bonds is 2. The van der Waals surface area contributed by atoms with Gasteiger partial charge in [0.05, 0.1) is 5.56 Å². The number of aromatic nitrogens is 2. The van der Waals surface area contributed by atoms with Gasteiger partial charge in [-0.15, -0.1) is 0 Å². The Kier molecular flexibility index (Phi) is 3.59. The van der Waals surface area contributed by atoms with E-state index >= 15 is 0 Å². The van der Waals surface area contributed by atoms with Crippen LogP contribution in [0.5, 0.6) is 0 Å². The summed E-state index contributed by atoms with van der Waals surface area (Å²) in [5, 5.41) is 8.98. The summed E-state index contributed by atoms with van der Waals surface area (Å²) < 4.78 is 5.91. The van der Waals surface area contributed by atoms with Gasteiger partial charge in [-0.2, -0.15) is 9.64 Å². The second kappa shape index (κ2) is 4.95. The molecule has 2 aromatic rings. The number of hydrogen-bond acceptors (Lipinski definition) is 5. The van der Waals surface area contributed by atoms with Gasteiger partial charge in [-0.3, -0.25) is 0 Å². The normalized spacial score (nSPS) is 10.1. The van der Waals surface area contributed by atoms with Crippen LogP contribution in [0.4, 0.5) is 0 Å². The SMILES string of the molecule is Cc1nsc(Sc2cc(Br)ccc2C#N)n1. The van der Waals surface area contributed by atoms with E-state index in [0.717, 1.165) is 19.5 Å². The van der Waals surface area contributed by atoms with Gasteiger partial charge < -0.3 is 0 Å². The Labute approximate surface area is 110 Å². The van der Waals surface area contributed by atoms with Crippen LogP contribution in [0.3, 0.4) is 0 Å². The highest BCUT2D eigenvalue weighted by molar-refractivity contribution is 9.10. The van der Waals surface area contributed by atoms with Gasteiger partial charge in [0.25, 0.3) is 0 Å². The Bertz CT molecular complexity index is 559. The Balaban J connectivity index is 2.34. The fraction of sp³-hybridized carbons (Fsp3) is 0.100. The van der Waals surface area contributed by atoms with E-state index in [1.165, 1.54) is 23.3 Å². The number of nitriles is 1. The van der Waals surface area contributed by atoms with Gasteiger partial charge in [0.15, 0.2) is 4.34 Å². The molecule has 0 N–H and O–H groups in total. The summed E-state index contributed by atoms with van der Waals surface area (Å²) in [5.41, 5.74) is 0.654. The highest BCUT2D eigenvalue weighted by Gasteiger charge is 2.08. The topological polar surface area (TPSA) is 49.6 Å². The molecular weight excluding hydrogens is 306 g/mol. The fourth-order valence-electron chi connectivity index (χ4n) is 1.09. The quantitative estimate of drug-likeness (QED) is 0.849.